The molecule has 4 rings (SSSR count). The summed E-state index contributed by atoms with van der Waals surface area (Å²) in [5.74, 6) is -0.488. The van der Waals surface area contributed by atoms with Crippen molar-refractivity contribution < 1.29 is 22.6 Å². The van der Waals surface area contributed by atoms with Crippen LogP contribution in [0, 0.1) is 0 Å². The Balaban J connectivity index is 1.51. The molecule has 1 aromatic carbocycles. The molecule has 2 aliphatic heterocycles. The quantitative estimate of drug-likeness (QED) is 0.780. The van der Waals surface area contributed by atoms with Crippen molar-refractivity contribution in [2.75, 3.05) is 13.2 Å². The van der Waals surface area contributed by atoms with E-state index in [4.69, 9.17) is 14.2 Å². The lowest BCUT2D eigenvalue weighted by Gasteiger charge is -2.34. The molecule has 0 bridgehead atoms. The van der Waals surface area contributed by atoms with Crippen molar-refractivity contribution in [3.63, 3.8) is 0 Å². The lowest BCUT2D eigenvalue weighted by Crippen LogP contribution is -2.39. The van der Waals surface area contributed by atoms with Crippen molar-refractivity contribution >= 4 is 9.84 Å². The van der Waals surface area contributed by atoms with Gasteiger partial charge in [-0.1, -0.05) is 18.2 Å². The lowest BCUT2D eigenvalue weighted by atomic mass is 9.85. The molecule has 1 unspecified atom stereocenters. The van der Waals surface area contributed by atoms with Crippen LogP contribution in [0.4, 0.5) is 0 Å². The summed E-state index contributed by atoms with van der Waals surface area (Å²) in [6.45, 7) is 1.25. The van der Waals surface area contributed by atoms with Crippen molar-refractivity contribution in [2.45, 2.75) is 47.4 Å². The van der Waals surface area contributed by atoms with Crippen molar-refractivity contribution in [3.8, 4) is 0 Å². The van der Waals surface area contributed by atoms with Gasteiger partial charge < -0.3 is 14.2 Å². The molecule has 2 saturated heterocycles. The molecule has 1 aliphatic carbocycles. The highest BCUT2D eigenvalue weighted by Gasteiger charge is 2.66. The summed E-state index contributed by atoms with van der Waals surface area (Å²) in [6, 6.07) is 8.52. The topological polar surface area (TPSA) is 65.1 Å². The Morgan fingerprint density at radius 3 is 2.19 bits per heavy atom. The molecular formula is C15H18O5S. The zero-order valence-electron chi connectivity index (χ0n) is 11.7. The Hall–Kier alpha value is -0.950. The highest BCUT2D eigenvalue weighted by molar-refractivity contribution is 7.92. The molecule has 1 aromatic rings. The van der Waals surface area contributed by atoms with Gasteiger partial charge in [0.1, 0.15) is 5.60 Å². The van der Waals surface area contributed by atoms with Crippen LogP contribution in [0.5, 0.6) is 0 Å². The Kier molecular flexibility index (Phi) is 2.95. The van der Waals surface area contributed by atoms with E-state index in [1.54, 1.807) is 24.3 Å². The molecule has 3 aliphatic rings. The number of sulfone groups is 1. The Morgan fingerprint density at radius 2 is 1.57 bits per heavy atom. The monoisotopic (exact) mass is 310 g/mol. The normalized spacial score (nSPS) is 29.8. The molecule has 0 N–H and O–H groups in total. The van der Waals surface area contributed by atoms with E-state index in [2.05, 4.69) is 0 Å². The van der Waals surface area contributed by atoms with Gasteiger partial charge in [-0.3, -0.25) is 0 Å². The first-order valence-electron chi connectivity index (χ1n) is 7.31. The van der Waals surface area contributed by atoms with E-state index >= 15 is 0 Å². The zero-order valence-corrected chi connectivity index (χ0v) is 12.5. The maximum Gasteiger partial charge on any atom is 0.208 e. The fourth-order valence-corrected chi connectivity index (χ4v) is 5.36. The van der Waals surface area contributed by atoms with Crippen LogP contribution in [0.15, 0.2) is 35.2 Å². The number of hydrogen-bond acceptors (Lipinski definition) is 5. The third kappa shape index (κ3) is 2.12. The van der Waals surface area contributed by atoms with Crippen LogP contribution in [0.2, 0.25) is 0 Å². The van der Waals surface area contributed by atoms with E-state index in [0.29, 0.717) is 43.8 Å². The number of hydrogen-bond donors (Lipinski definition) is 0. The summed E-state index contributed by atoms with van der Waals surface area (Å²) in [7, 11) is -3.41. The second-order valence-electron chi connectivity index (χ2n) is 5.98. The van der Waals surface area contributed by atoms with E-state index in [1.807, 2.05) is 6.07 Å². The van der Waals surface area contributed by atoms with Crippen LogP contribution in [-0.4, -0.2) is 38.5 Å². The molecule has 5 nitrogen and oxygen atoms in total. The fraction of sp³-hybridized carbons (Fsp3) is 0.600. The minimum absolute atomic E-state index is 0.334. The highest BCUT2D eigenvalue weighted by atomic mass is 32.2. The predicted molar refractivity (Wildman–Crippen MR) is 74.3 cm³/mol. The first-order chi connectivity index (χ1) is 10.1. The van der Waals surface area contributed by atoms with Crippen molar-refractivity contribution in [1.29, 1.82) is 0 Å². The van der Waals surface area contributed by atoms with Crippen LogP contribution in [0.1, 0.15) is 25.7 Å². The van der Waals surface area contributed by atoms with Gasteiger partial charge in [-0.05, 0) is 25.0 Å². The minimum Gasteiger partial charge on any atom is -0.349 e. The van der Waals surface area contributed by atoms with Crippen molar-refractivity contribution in [3.05, 3.63) is 30.3 Å². The second-order valence-corrected chi connectivity index (χ2v) is 7.97. The van der Waals surface area contributed by atoms with Gasteiger partial charge in [0.05, 0.1) is 18.1 Å². The molecule has 2 heterocycles. The van der Waals surface area contributed by atoms with Gasteiger partial charge >= 0.3 is 0 Å². The zero-order chi connectivity index (χ0) is 14.6. The SMILES string of the molecule is O=S(=O)(c1ccccc1)C1OC12CCC1(CC2)OCCO1. The fourth-order valence-electron chi connectivity index (χ4n) is 3.45. The van der Waals surface area contributed by atoms with Gasteiger partial charge in [0.15, 0.2) is 11.2 Å². The Labute approximate surface area is 124 Å². The van der Waals surface area contributed by atoms with E-state index in [-0.39, 0.29) is 0 Å². The minimum atomic E-state index is -3.41. The summed E-state index contributed by atoms with van der Waals surface area (Å²) < 4.78 is 42.2. The average Bonchev–Trinajstić information content (AvgIpc) is 3.06. The van der Waals surface area contributed by atoms with Crippen LogP contribution in [-0.2, 0) is 24.0 Å². The number of rotatable bonds is 2. The third-order valence-corrected chi connectivity index (χ3v) is 6.76. The molecule has 0 aromatic heterocycles. The standard InChI is InChI=1S/C15H18O5S/c16-21(17,12-4-2-1-3-5-12)13-14(20-13)6-8-15(9-7-14)18-10-11-19-15/h1-5,13H,6-11H2. The van der Waals surface area contributed by atoms with E-state index in [0.717, 1.165) is 0 Å². The first-order valence-corrected chi connectivity index (χ1v) is 8.86. The average molecular weight is 310 g/mol. The molecule has 1 atom stereocenters. The lowest BCUT2D eigenvalue weighted by molar-refractivity contribution is -0.184. The number of epoxide rings is 1. The maximum atomic E-state index is 12.6. The molecule has 3 fully saturated rings. The molecule has 0 radical (unpaired) electrons. The maximum absolute atomic E-state index is 12.6. The number of benzene rings is 1. The first kappa shape index (κ1) is 13.7. The molecule has 1 saturated carbocycles. The Bertz CT molecular complexity index is 623. The van der Waals surface area contributed by atoms with Gasteiger partial charge in [0, 0.05) is 12.8 Å². The summed E-state index contributed by atoms with van der Waals surface area (Å²) >= 11 is 0. The summed E-state index contributed by atoms with van der Waals surface area (Å²) in [4.78, 5) is 0.334. The largest absolute Gasteiger partial charge is 0.349 e. The van der Waals surface area contributed by atoms with Gasteiger partial charge in [-0.2, -0.15) is 0 Å². The molecule has 114 valence electrons. The van der Waals surface area contributed by atoms with Gasteiger partial charge in [-0.25, -0.2) is 8.42 Å². The van der Waals surface area contributed by atoms with Crippen LogP contribution in [0.3, 0.4) is 0 Å². The summed E-state index contributed by atoms with van der Waals surface area (Å²) in [5.41, 5.74) is -1.25. The molecular weight excluding hydrogens is 292 g/mol. The van der Waals surface area contributed by atoms with Gasteiger partial charge in [0.25, 0.3) is 0 Å². The molecule has 0 amide bonds. The van der Waals surface area contributed by atoms with Crippen LogP contribution < -0.4 is 0 Å². The van der Waals surface area contributed by atoms with Gasteiger partial charge in [-0.15, -0.1) is 0 Å². The van der Waals surface area contributed by atoms with E-state index in [1.165, 1.54) is 0 Å². The Morgan fingerprint density at radius 1 is 0.952 bits per heavy atom. The van der Waals surface area contributed by atoms with Gasteiger partial charge in [0.2, 0.25) is 9.84 Å². The van der Waals surface area contributed by atoms with Crippen LogP contribution >= 0.6 is 0 Å². The molecule has 21 heavy (non-hydrogen) atoms. The predicted octanol–water partition coefficient (Wildman–Crippen LogP) is 1.87. The third-order valence-electron chi connectivity index (χ3n) is 4.74. The summed E-state index contributed by atoms with van der Waals surface area (Å²) in [6.07, 6.45) is 2.75. The van der Waals surface area contributed by atoms with Crippen LogP contribution in [0.25, 0.3) is 0 Å². The van der Waals surface area contributed by atoms with Crippen molar-refractivity contribution in [1.82, 2.24) is 0 Å². The number of ether oxygens (including phenoxy) is 3. The van der Waals surface area contributed by atoms with Crippen molar-refractivity contribution in [2.24, 2.45) is 0 Å². The smallest absolute Gasteiger partial charge is 0.208 e. The summed E-state index contributed by atoms with van der Waals surface area (Å²) in [5, 5.41) is 0. The molecule has 2 spiro atoms. The molecule has 6 heteroatoms. The highest BCUT2D eigenvalue weighted by Crippen LogP contribution is 2.55. The second kappa shape index (κ2) is 4.52. The van der Waals surface area contributed by atoms with E-state index in [9.17, 15) is 8.42 Å². The van der Waals surface area contributed by atoms with E-state index < -0.39 is 26.7 Å².